The van der Waals surface area contributed by atoms with Crippen molar-refractivity contribution in [3.8, 4) is 45.7 Å². The van der Waals surface area contributed by atoms with Crippen molar-refractivity contribution in [1.82, 2.24) is 31.2 Å². The van der Waals surface area contributed by atoms with Gasteiger partial charge in [0.2, 0.25) is 35.3 Å². The van der Waals surface area contributed by atoms with Gasteiger partial charge in [0.1, 0.15) is 55.4 Å². The third-order valence-electron chi connectivity index (χ3n) is 11.5. The van der Waals surface area contributed by atoms with Crippen LogP contribution in [-0.4, -0.2) is 111 Å². The van der Waals surface area contributed by atoms with Crippen molar-refractivity contribution >= 4 is 29.5 Å². The van der Waals surface area contributed by atoms with Gasteiger partial charge in [-0.3, -0.25) is 29.0 Å². The van der Waals surface area contributed by atoms with Crippen molar-refractivity contribution in [3.63, 3.8) is 0 Å². The van der Waals surface area contributed by atoms with E-state index in [0.717, 1.165) is 11.0 Å². The first kappa shape index (κ1) is 54.6. The average molecular weight is 991 g/mol. The second-order valence-corrected chi connectivity index (χ2v) is 16.6. The fraction of sp³-hybridized carbons (Fsp3) is 0.408. The lowest BCUT2D eigenvalue weighted by Crippen LogP contribution is -2.56. The first-order chi connectivity index (χ1) is 33.9. The first-order valence-corrected chi connectivity index (χ1v) is 22.9. The number of amides is 5. The lowest BCUT2D eigenvalue weighted by molar-refractivity contribution is -0.141. The van der Waals surface area contributed by atoms with Gasteiger partial charge in [-0.2, -0.15) is 14.0 Å². The molecule has 4 atom stereocenters. The monoisotopic (exact) mass is 990 g/mol. The summed E-state index contributed by atoms with van der Waals surface area (Å²) in [6.45, 7) is 5.62. The highest BCUT2D eigenvalue weighted by Crippen LogP contribution is 2.41. The zero-order valence-electron chi connectivity index (χ0n) is 40.0. The quantitative estimate of drug-likeness (QED) is 0.0308. The summed E-state index contributed by atoms with van der Waals surface area (Å²) in [5.41, 5.74) is 17.3. The maximum Gasteiger partial charge on any atom is 0.254 e. The molecule has 71 heavy (non-hydrogen) atoms. The minimum atomic E-state index is -1.76. The van der Waals surface area contributed by atoms with Crippen LogP contribution >= 0.6 is 0 Å². The standard InChI is InChI=1S/C49H58F4N10O8/c1-6-7-18-71-44-41(52)39(50)38(40(51)42(44)53)33-21-25(2)37(26(3)59-33)47(66)61-32(12-13-54)49(68)63(5)43-29-9-11-36(70-20-16-57)31(24-29)30-22-28(8-10-35(30)69-19-15-56)23-34(46(65)58-17-14-55)62-45(64)27(4)60-48(43)67/h8-11,21-22,24,27,32,34,43H,6-7,12-13,15-20,23,54,56-57H2,1-5H3,(H,58,65)(H,60,67)(H,61,66)(H,62,64). The highest BCUT2D eigenvalue weighted by atomic mass is 19.2. The molecule has 5 amide bonds. The minimum absolute atomic E-state index is 0.0557. The Morgan fingerprint density at radius 2 is 1.51 bits per heavy atom. The number of benzene rings is 3. The number of hydrogen-bond donors (Lipinski definition) is 7. The Labute approximate surface area is 407 Å². The van der Waals surface area contributed by atoms with E-state index in [1.54, 1.807) is 37.3 Å². The average Bonchev–Trinajstić information content (AvgIpc) is 3.34. The lowest BCUT2D eigenvalue weighted by atomic mass is 9.93. The number of aromatic nitrogens is 1. The molecular formula is C49H58F4N10O8. The van der Waals surface area contributed by atoms with E-state index >= 15 is 17.6 Å². The number of carbonyl (C=O) groups is 5. The molecule has 1 aromatic heterocycles. The second-order valence-electron chi connectivity index (χ2n) is 16.6. The van der Waals surface area contributed by atoms with E-state index in [2.05, 4.69) is 26.3 Å². The van der Waals surface area contributed by atoms with Gasteiger partial charge in [-0.15, -0.1) is 0 Å². The number of halogens is 4. The molecule has 380 valence electrons. The molecule has 10 N–H and O–H groups in total. The molecule has 1 aliphatic rings. The Hall–Kier alpha value is -7.35. The topological polar surface area (TPSA) is 279 Å². The number of hydrogen-bond acceptors (Lipinski definition) is 13. The Morgan fingerprint density at radius 1 is 0.873 bits per heavy atom. The number of aryl methyl sites for hydroxylation is 2. The highest BCUT2D eigenvalue weighted by molar-refractivity contribution is 6.01. The third kappa shape index (κ3) is 12.7. The van der Waals surface area contributed by atoms with E-state index in [-0.39, 0.29) is 81.2 Å². The van der Waals surface area contributed by atoms with Crippen LogP contribution in [-0.2, 0) is 25.6 Å². The van der Waals surface area contributed by atoms with Gasteiger partial charge in [0, 0.05) is 37.7 Å². The summed E-state index contributed by atoms with van der Waals surface area (Å²) in [7, 11) is 1.30. The number of nitriles is 1. The van der Waals surface area contributed by atoms with Crippen molar-refractivity contribution in [2.24, 2.45) is 17.2 Å². The molecule has 0 fully saturated rings. The van der Waals surface area contributed by atoms with E-state index in [1.165, 1.54) is 33.9 Å². The molecule has 2 heterocycles. The van der Waals surface area contributed by atoms with Crippen molar-refractivity contribution in [2.45, 2.75) is 77.5 Å². The Kier molecular flexibility index (Phi) is 19.2. The van der Waals surface area contributed by atoms with Crippen LogP contribution in [0.4, 0.5) is 17.6 Å². The largest absolute Gasteiger partial charge is 0.492 e. The number of nitrogens with zero attached hydrogens (tertiary/aromatic N) is 3. The molecule has 5 rings (SSSR count). The second kappa shape index (κ2) is 25.0. The Morgan fingerprint density at radius 3 is 2.10 bits per heavy atom. The van der Waals surface area contributed by atoms with Gasteiger partial charge in [-0.05, 0) is 87.2 Å². The normalized spacial score (nSPS) is 16.1. The van der Waals surface area contributed by atoms with E-state index in [4.69, 9.17) is 36.7 Å². The number of unbranched alkanes of at least 4 members (excludes halogenated alkanes) is 1. The smallest absolute Gasteiger partial charge is 0.254 e. The molecule has 22 heteroatoms. The molecule has 18 nitrogen and oxygen atoms in total. The summed E-state index contributed by atoms with van der Waals surface area (Å²) in [6, 6.07) is 7.13. The predicted molar refractivity (Wildman–Crippen MR) is 253 cm³/mol. The zero-order valence-corrected chi connectivity index (χ0v) is 40.0. The molecule has 4 unspecified atom stereocenters. The number of likely N-dealkylation sites (N-methyl/N-ethyl adjacent to an activating group) is 1. The molecule has 0 aliphatic carbocycles. The summed E-state index contributed by atoms with van der Waals surface area (Å²) in [5.74, 6) is -11.6. The van der Waals surface area contributed by atoms with Crippen LogP contribution in [0.15, 0.2) is 42.5 Å². The fourth-order valence-electron chi connectivity index (χ4n) is 7.94. The molecule has 3 aromatic carbocycles. The maximum absolute atomic E-state index is 15.4. The number of pyridine rings is 1. The Balaban J connectivity index is 1.57. The summed E-state index contributed by atoms with van der Waals surface area (Å²) in [5, 5.41) is 19.5. The van der Waals surface area contributed by atoms with Gasteiger partial charge < -0.3 is 57.6 Å². The third-order valence-corrected chi connectivity index (χ3v) is 11.5. The van der Waals surface area contributed by atoms with Gasteiger partial charge in [-0.1, -0.05) is 25.5 Å². The first-order valence-electron chi connectivity index (χ1n) is 22.9. The number of nitrogens with two attached hydrogens (primary N) is 3. The molecule has 0 spiro atoms. The molecule has 1 aliphatic heterocycles. The number of fused-ring (bicyclic) bond motifs is 5. The van der Waals surface area contributed by atoms with Crippen LogP contribution in [0, 0.1) is 48.4 Å². The lowest BCUT2D eigenvalue weighted by Gasteiger charge is -2.32. The highest BCUT2D eigenvalue weighted by Gasteiger charge is 2.37. The van der Waals surface area contributed by atoms with E-state index in [9.17, 15) is 24.0 Å². The van der Waals surface area contributed by atoms with Gasteiger partial charge >= 0.3 is 0 Å². The summed E-state index contributed by atoms with van der Waals surface area (Å²) in [6.07, 6.45) is 0.734. The van der Waals surface area contributed by atoms with E-state index in [1.807, 2.05) is 6.07 Å². The summed E-state index contributed by atoms with van der Waals surface area (Å²) >= 11 is 0. The molecular weight excluding hydrogens is 933 g/mol. The summed E-state index contributed by atoms with van der Waals surface area (Å²) < 4.78 is 78.1. The number of ether oxygens (including phenoxy) is 3. The molecule has 0 saturated carbocycles. The summed E-state index contributed by atoms with van der Waals surface area (Å²) in [4.78, 5) is 75.7. The molecule has 0 saturated heterocycles. The van der Waals surface area contributed by atoms with Gasteiger partial charge in [0.15, 0.2) is 17.4 Å². The SMILES string of the molecule is CCCCOc1c(F)c(F)c(-c2cc(C)c(C(=O)NC(CCN)C(=O)N(C)C3C(=O)NC(C)C(=O)NC(C(=O)NCC#N)Cc4ccc(OCCN)c(c4)-c4cc3ccc4OCCN)c(C)n2)c(F)c1F. The van der Waals surface area contributed by atoms with Crippen molar-refractivity contribution < 1.29 is 55.7 Å². The van der Waals surface area contributed by atoms with Gasteiger partial charge in [-0.25, -0.2) is 8.78 Å². The number of nitrogens with one attached hydrogen (secondary N) is 4. The predicted octanol–water partition coefficient (Wildman–Crippen LogP) is 3.28. The number of carbonyl (C=O) groups excluding carboxylic acids is 5. The Bertz CT molecular complexity index is 2630. The van der Waals surface area contributed by atoms with Gasteiger partial charge in [0.05, 0.1) is 35.2 Å². The molecule has 0 radical (unpaired) electrons. The van der Waals surface area contributed by atoms with Crippen molar-refractivity contribution in [3.05, 3.63) is 93.7 Å². The van der Waals surface area contributed by atoms with Crippen molar-refractivity contribution in [2.75, 3.05) is 53.0 Å². The number of rotatable bonds is 19. The fourth-order valence-corrected chi connectivity index (χ4v) is 7.94. The van der Waals surface area contributed by atoms with Crippen LogP contribution in [0.2, 0.25) is 0 Å². The van der Waals surface area contributed by atoms with Crippen molar-refractivity contribution in [1.29, 1.82) is 5.26 Å². The molecule has 4 aromatic rings. The van der Waals surface area contributed by atoms with Crippen LogP contribution in [0.25, 0.3) is 22.4 Å². The van der Waals surface area contributed by atoms with Crippen LogP contribution in [0.3, 0.4) is 0 Å². The zero-order chi connectivity index (χ0) is 52.1. The van der Waals surface area contributed by atoms with E-state index < -0.39 is 94.0 Å². The van der Waals surface area contributed by atoms with Crippen LogP contribution < -0.4 is 52.7 Å². The van der Waals surface area contributed by atoms with Crippen LogP contribution in [0.1, 0.15) is 71.9 Å². The minimum Gasteiger partial charge on any atom is -0.492 e. The maximum atomic E-state index is 15.4. The van der Waals surface area contributed by atoms with Gasteiger partial charge in [0.25, 0.3) is 5.91 Å². The molecule has 4 bridgehead atoms. The van der Waals surface area contributed by atoms with Crippen LogP contribution in [0.5, 0.6) is 17.2 Å². The van der Waals surface area contributed by atoms with E-state index in [0.29, 0.717) is 41.0 Å².